The van der Waals surface area contributed by atoms with E-state index in [2.05, 4.69) is 51.2 Å². The van der Waals surface area contributed by atoms with Crippen LogP contribution in [0.1, 0.15) is 39.2 Å². The second kappa shape index (κ2) is 4.63. The van der Waals surface area contributed by atoms with E-state index in [1.807, 2.05) is 7.05 Å². The molecule has 1 N–H and O–H groups in total. The smallest absolute Gasteiger partial charge is 0.249 e. The van der Waals surface area contributed by atoms with Crippen molar-refractivity contribution in [1.29, 1.82) is 0 Å². The molecule has 0 aliphatic carbocycles. The lowest BCUT2D eigenvalue weighted by Gasteiger charge is -2.35. The SMILES string of the molecule is CC(C)c1ccc2c(c1)N(C)C(=O)C(C(C)C)N2. The van der Waals surface area contributed by atoms with Gasteiger partial charge in [0.1, 0.15) is 6.04 Å². The number of hydrogen-bond acceptors (Lipinski definition) is 2. The molecule has 0 saturated carbocycles. The van der Waals surface area contributed by atoms with Crippen LogP contribution >= 0.6 is 0 Å². The summed E-state index contributed by atoms with van der Waals surface area (Å²) in [6, 6.07) is 6.22. The van der Waals surface area contributed by atoms with Crippen molar-refractivity contribution >= 4 is 17.3 Å². The fourth-order valence-electron chi connectivity index (χ4n) is 2.32. The summed E-state index contributed by atoms with van der Waals surface area (Å²) in [6.45, 7) is 8.46. The molecule has 1 heterocycles. The monoisotopic (exact) mass is 246 g/mol. The second-order valence-electron chi connectivity index (χ2n) is 5.69. The van der Waals surface area contributed by atoms with Gasteiger partial charge in [-0.15, -0.1) is 0 Å². The number of hydrogen-bond donors (Lipinski definition) is 1. The maximum atomic E-state index is 12.3. The highest BCUT2D eigenvalue weighted by atomic mass is 16.2. The van der Waals surface area contributed by atoms with Gasteiger partial charge in [-0.25, -0.2) is 0 Å². The summed E-state index contributed by atoms with van der Waals surface area (Å²) in [7, 11) is 1.86. The van der Waals surface area contributed by atoms with Crippen LogP contribution in [0.3, 0.4) is 0 Å². The Labute approximate surface area is 109 Å². The predicted molar refractivity (Wildman–Crippen MR) is 76.2 cm³/mol. The van der Waals surface area contributed by atoms with Crippen molar-refractivity contribution in [3.8, 4) is 0 Å². The van der Waals surface area contributed by atoms with E-state index in [1.165, 1.54) is 5.56 Å². The van der Waals surface area contributed by atoms with Crippen molar-refractivity contribution in [2.45, 2.75) is 39.7 Å². The molecule has 1 atom stereocenters. The molecular formula is C15H22N2O. The first kappa shape index (κ1) is 12.9. The zero-order chi connectivity index (χ0) is 13.4. The molecule has 1 unspecified atom stereocenters. The molecule has 0 saturated heterocycles. The van der Waals surface area contributed by atoms with Crippen molar-refractivity contribution in [1.82, 2.24) is 0 Å². The van der Waals surface area contributed by atoms with Crippen molar-refractivity contribution in [3.05, 3.63) is 23.8 Å². The molecule has 0 fully saturated rings. The first-order chi connectivity index (χ1) is 8.41. The number of amides is 1. The molecule has 1 aromatic rings. The van der Waals surface area contributed by atoms with E-state index in [1.54, 1.807) is 4.90 Å². The Hall–Kier alpha value is -1.51. The van der Waals surface area contributed by atoms with E-state index >= 15 is 0 Å². The molecule has 0 aromatic heterocycles. The molecule has 2 rings (SSSR count). The molecule has 1 aliphatic rings. The second-order valence-corrected chi connectivity index (χ2v) is 5.69. The summed E-state index contributed by atoms with van der Waals surface area (Å²) in [5.74, 6) is 0.915. The quantitative estimate of drug-likeness (QED) is 0.869. The van der Waals surface area contributed by atoms with Crippen LogP contribution in [0.25, 0.3) is 0 Å². The molecule has 1 amide bonds. The number of nitrogens with one attached hydrogen (secondary N) is 1. The lowest BCUT2D eigenvalue weighted by atomic mass is 9.96. The summed E-state index contributed by atoms with van der Waals surface area (Å²) in [5.41, 5.74) is 3.31. The molecule has 0 bridgehead atoms. The molecule has 3 heteroatoms. The van der Waals surface area contributed by atoms with Crippen LogP contribution in [0.5, 0.6) is 0 Å². The van der Waals surface area contributed by atoms with Crippen molar-refractivity contribution < 1.29 is 4.79 Å². The predicted octanol–water partition coefficient (Wildman–Crippen LogP) is 3.22. The van der Waals surface area contributed by atoms with Crippen LogP contribution in [0.15, 0.2) is 18.2 Å². The molecule has 1 aliphatic heterocycles. The standard InChI is InChI=1S/C15H22N2O/c1-9(2)11-6-7-12-13(8-11)17(5)15(18)14(16-12)10(3)4/h6-10,14,16H,1-5H3. The molecule has 0 spiro atoms. The average Bonchev–Trinajstić information content (AvgIpc) is 2.32. The van der Waals surface area contributed by atoms with Crippen LogP contribution in [-0.2, 0) is 4.79 Å². The molecule has 3 nitrogen and oxygen atoms in total. The van der Waals surface area contributed by atoms with E-state index in [0.717, 1.165) is 11.4 Å². The highest BCUT2D eigenvalue weighted by Crippen LogP contribution is 2.34. The summed E-state index contributed by atoms with van der Waals surface area (Å²) in [4.78, 5) is 14.1. The number of rotatable bonds is 2. The average molecular weight is 246 g/mol. The Morgan fingerprint density at radius 3 is 2.44 bits per heavy atom. The summed E-state index contributed by atoms with van der Waals surface area (Å²) in [6.07, 6.45) is 0. The van der Waals surface area contributed by atoms with Gasteiger partial charge in [-0.05, 0) is 29.5 Å². The maximum absolute atomic E-state index is 12.3. The van der Waals surface area contributed by atoms with Crippen LogP contribution in [0.2, 0.25) is 0 Å². The third kappa shape index (κ3) is 2.09. The highest BCUT2D eigenvalue weighted by molar-refractivity contribution is 6.04. The Morgan fingerprint density at radius 1 is 1.22 bits per heavy atom. The third-order valence-corrected chi connectivity index (χ3v) is 3.62. The minimum Gasteiger partial charge on any atom is -0.372 e. The highest BCUT2D eigenvalue weighted by Gasteiger charge is 2.32. The summed E-state index contributed by atoms with van der Waals surface area (Å²) >= 11 is 0. The third-order valence-electron chi connectivity index (χ3n) is 3.62. The van der Waals surface area contributed by atoms with Gasteiger partial charge in [-0.1, -0.05) is 33.8 Å². The lowest BCUT2D eigenvalue weighted by molar-refractivity contribution is -0.120. The Kier molecular flexibility index (Phi) is 3.33. The lowest BCUT2D eigenvalue weighted by Crippen LogP contribution is -2.47. The number of anilines is 2. The van der Waals surface area contributed by atoms with Gasteiger partial charge in [-0.3, -0.25) is 4.79 Å². The summed E-state index contributed by atoms with van der Waals surface area (Å²) in [5, 5.41) is 3.35. The Morgan fingerprint density at radius 2 is 1.89 bits per heavy atom. The Bertz CT molecular complexity index is 466. The zero-order valence-corrected chi connectivity index (χ0v) is 11.8. The summed E-state index contributed by atoms with van der Waals surface area (Å²) < 4.78 is 0. The van der Waals surface area contributed by atoms with Gasteiger partial charge in [0.2, 0.25) is 5.91 Å². The first-order valence-corrected chi connectivity index (χ1v) is 6.60. The van der Waals surface area contributed by atoms with E-state index < -0.39 is 0 Å². The molecule has 98 valence electrons. The van der Waals surface area contributed by atoms with Crippen molar-refractivity contribution in [2.75, 3.05) is 17.3 Å². The molecule has 1 aromatic carbocycles. The number of fused-ring (bicyclic) bond motifs is 1. The number of likely N-dealkylation sites (N-methyl/N-ethyl adjacent to an activating group) is 1. The van der Waals surface area contributed by atoms with Gasteiger partial charge in [0.05, 0.1) is 11.4 Å². The van der Waals surface area contributed by atoms with Crippen LogP contribution in [0, 0.1) is 5.92 Å². The normalized spacial score (nSPS) is 19.2. The zero-order valence-electron chi connectivity index (χ0n) is 11.8. The fraction of sp³-hybridized carbons (Fsp3) is 0.533. The molecular weight excluding hydrogens is 224 g/mol. The number of nitrogens with zero attached hydrogens (tertiary/aromatic N) is 1. The number of benzene rings is 1. The van der Waals surface area contributed by atoms with E-state index in [9.17, 15) is 4.79 Å². The van der Waals surface area contributed by atoms with E-state index in [-0.39, 0.29) is 17.9 Å². The van der Waals surface area contributed by atoms with Crippen LogP contribution in [-0.4, -0.2) is 19.0 Å². The minimum atomic E-state index is -0.118. The van der Waals surface area contributed by atoms with Gasteiger partial charge < -0.3 is 10.2 Å². The van der Waals surface area contributed by atoms with Crippen molar-refractivity contribution in [3.63, 3.8) is 0 Å². The van der Waals surface area contributed by atoms with Gasteiger partial charge in [0.15, 0.2) is 0 Å². The van der Waals surface area contributed by atoms with Crippen LogP contribution in [0.4, 0.5) is 11.4 Å². The molecule has 0 radical (unpaired) electrons. The Balaban J connectivity index is 2.42. The first-order valence-electron chi connectivity index (χ1n) is 6.60. The van der Waals surface area contributed by atoms with Gasteiger partial charge in [0.25, 0.3) is 0 Å². The van der Waals surface area contributed by atoms with Gasteiger partial charge in [0, 0.05) is 7.05 Å². The number of carbonyl (C=O) groups is 1. The van der Waals surface area contributed by atoms with E-state index in [4.69, 9.17) is 0 Å². The van der Waals surface area contributed by atoms with Gasteiger partial charge in [-0.2, -0.15) is 0 Å². The fourth-order valence-corrected chi connectivity index (χ4v) is 2.32. The topological polar surface area (TPSA) is 32.3 Å². The minimum absolute atomic E-state index is 0.118. The van der Waals surface area contributed by atoms with Crippen LogP contribution < -0.4 is 10.2 Å². The largest absolute Gasteiger partial charge is 0.372 e. The van der Waals surface area contributed by atoms with E-state index in [0.29, 0.717) is 5.92 Å². The van der Waals surface area contributed by atoms with Gasteiger partial charge >= 0.3 is 0 Å². The van der Waals surface area contributed by atoms with Crippen molar-refractivity contribution in [2.24, 2.45) is 5.92 Å². The maximum Gasteiger partial charge on any atom is 0.249 e. The number of carbonyl (C=O) groups excluding carboxylic acids is 1. The molecule has 18 heavy (non-hydrogen) atoms.